The van der Waals surface area contributed by atoms with Gasteiger partial charge in [0.2, 0.25) is 5.91 Å². The molecular weight excluding hydrogens is 484 g/mol. The molecule has 2 saturated heterocycles. The Kier molecular flexibility index (Phi) is 7.00. The van der Waals surface area contributed by atoms with Crippen molar-refractivity contribution in [1.29, 1.82) is 0 Å². The van der Waals surface area contributed by atoms with Crippen LogP contribution < -0.4 is 20.9 Å². The summed E-state index contributed by atoms with van der Waals surface area (Å²) in [4.78, 5) is 34.3. The van der Waals surface area contributed by atoms with Gasteiger partial charge >= 0.3 is 6.09 Å². The number of ether oxygens (including phenoxy) is 1. The van der Waals surface area contributed by atoms with Gasteiger partial charge in [0.1, 0.15) is 12.4 Å². The van der Waals surface area contributed by atoms with E-state index in [4.69, 9.17) is 9.72 Å². The van der Waals surface area contributed by atoms with E-state index < -0.39 is 0 Å². The summed E-state index contributed by atoms with van der Waals surface area (Å²) in [5, 5.41) is 17.4. The highest BCUT2D eigenvalue weighted by Gasteiger charge is 2.31. The Hall–Kier alpha value is -3.86. The van der Waals surface area contributed by atoms with Crippen LogP contribution in [0.2, 0.25) is 0 Å². The minimum absolute atomic E-state index is 0.0146. The standard InChI is InChI=1S/C27H34N8O3/c36-25(16-34-11-1-2-12-34)31-23-9-10-24(29-20-7-8-22-18(14-20)15-28-33-22)32-26(23)35-13-3-4-21(35)17-38-27(37)30-19-5-6-19/h7-10,14-15,19,21H,1-6,11-13,16-17H2,(H,28,33)(H,29,32)(H,30,37)(H,31,36)/t21-/m0/s1. The first-order chi connectivity index (χ1) is 18.6. The van der Waals surface area contributed by atoms with Crippen LogP contribution >= 0.6 is 0 Å². The number of alkyl carbamates (subject to hydrolysis) is 1. The van der Waals surface area contributed by atoms with Gasteiger partial charge in [-0.1, -0.05) is 0 Å². The van der Waals surface area contributed by atoms with E-state index in [2.05, 4.69) is 35.9 Å². The molecule has 1 atom stereocenters. The summed E-state index contributed by atoms with van der Waals surface area (Å²) in [7, 11) is 0. The van der Waals surface area contributed by atoms with Crippen molar-refractivity contribution in [3.8, 4) is 0 Å². The molecule has 1 aliphatic carbocycles. The van der Waals surface area contributed by atoms with Gasteiger partial charge in [-0.25, -0.2) is 9.78 Å². The van der Waals surface area contributed by atoms with E-state index in [1.807, 2.05) is 30.3 Å². The zero-order chi connectivity index (χ0) is 25.9. The summed E-state index contributed by atoms with van der Waals surface area (Å²) < 4.78 is 5.56. The van der Waals surface area contributed by atoms with Crippen molar-refractivity contribution in [3.63, 3.8) is 0 Å². The van der Waals surface area contributed by atoms with Crippen molar-refractivity contribution >= 4 is 45.9 Å². The molecule has 11 nitrogen and oxygen atoms in total. The lowest BCUT2D eigenvalue weighted by molar-refractivity contribution is -0.117. The SMILES string of the molecule is O=C(CN1CCCC1)Nc1ccc(Nc2ccc3[nH]ncc3c2)nc1N1CCC[C@H]1COC(=O)NC1CC1. The van der Waals surface area contributed by atoms with Gasteiger partial charge in [0.05, 0.1) is 30.0 Å². The van der Waals surface area contributed by atoms with Gasteiger partial charge in [0, 0.05) is 23.7 Å². The zero-order valence-corrected chi connectivity index (χ0v) is 21.4. The molecule has 3 aromatic rings. The molecule has 3 fully saturated rings. The van der Waals surface area contributed by atoms with E-state index >= 15 is 0 Å². The zero-order valence-electron chi connectivity index (χ0n) is 21.4. The number of pyridine rings is 1. The number of hydrogen-bond donors (Lipinski definition) is 4. The number of nitrogens with zero attached hydrogens (tertiary/aromatic N) is 4. The van der Waals surface area contributed by atoms with E-state index in [1.165, 1.54) is 0 Å². The van der Waals surface area contributed by atoms with Gasteiger partial charge in [-0.05, 0) is 81.9 Å². The van der Waals surface area contributed by atoms with Crippen molar-refractivity contribution in [1.82, 2.24) is 25.4 Å². The molecule has 0 unspecified atom stereocenters. The molecule has 38 heavy (non-hydrogen) atoms. The second kappa shape index (κ2) is 10.9. The van der Waals surface area contributed by atoms with Crippen molar-refractivity contribution in [2.75, 3.05) is 48.3 Å². The van der Waals surface area contributed by atoms with E-state index in [-0.39, 0.29) is 30.7 Å². The molecule has 11 heteroatoms. The second-order valence-corrected chi connectivity index (χ2v) is 10.4. The third kappa shape index (κ3) is 5.83. The minimum atomic E-state index is -0.364. The van der Waals surface area contributed by atoms with Crippen LogP contribution in [0.15, 0.2) is 36.5 Å². The molecular formula is C27H34N8O3. The predicted molar refractivity (Wildman–Crippen MR) is 146 cm³/mol. The first-order valence-electron chi connectivity index (χ1n) is 13.5. The molecule has 0 bridgehead atoms. The van der Waals surface area contributed by atoms with E-state index in [0.29, 0.717) is 23.9 Å². The Morgan fingerprint density at radius 1 is 1.05 bits per heavy atom. The van der Waals surface area contributed by atoms with Crippen LogP contribution in [-0.2, 0) is 9.53 Å². The van der Waals surface area contributed by atoms with Crippen LogP contribution in [0.5, 0.6) is 0 Å². The maximum atomic E-state index is 12.9. The van der Waals surface area contributed by atoms with Crippen molar-refractivity contribution in [2.24, 2.45) is 0 Å². The number of nitrogens with one attached hydrogen (secondary N) is 4. The number of aromatic nitrogens is 3. The topological polar surface area (TPSA) is 128 Å². The Bertz CT molecular complexity index is 1300. The molecule has 2 aliphatic heterocycles. The summed E-state index contributed by atoms with van der Waals surface area (Å²) in [6.45, 7) is 3.33. The van der Waals surface area contributed by atoms with Gasteiger partial charge in [-0.15, -0.1) is 0 Å². The molecule has 2 amide bonds. The average molecular weight is 519 g/mol. The quantitative estimate of drug-likeness (QED) is 0.338. The van der Waals surface area contributed by atoms with Crippen LogP contribution in [0.1, 0.15) is 38.5 Å². The molecule has 2 aromatic heterocycles. The number of carbonyl (C=O) groups excluding carboxylic acids is 2. The molecule has 4 N–H and O–H groups in total. The van der Waals surface area contributed by atoms with Crippen molar-refractivity contribution in [2.45, 2.75) is 50.6 Å². The number of hydrogen-bond acceptors (Lipinski definition) is 8. The van der Waals surface area contributed by atoms with Gasteiger partial charge in [0.25, 0.3) is 0 Å². The number of anilines is 4. The van der Waals surface area contributed by atoms with Gasteiger partial charge < -0.3 is 25.6 Å². The number of carbonyl (C=O) groups is 2. The normalized spacial score (nSPS) is 19.6. The number of fused-ring (bicyclic) bond motifs is 1. The number of amides is 2. The fourth-order valence-electron chi connectivity index (χ4n) is 5.23. The molecule has 0 radical (unpaired) electrons. The van der Waals surface area contributed by atoms with Crippen molar-refractivity contribution in [3.05, 3.63) is 36.5 Å². The summed E-state index contributed by atoms with van der Waals surface area (Å²) in [5.41, 5.74) is 2.52. The first kappa shape index (κ1) is 24.5. The molecule has 200 valence electrons. The Morgan fingerprint density at radius 3 is 2.76 bits per heavy atom. The maximum Gasteiger partial charge on any atom is 0.407 e. The van der Waals surface area contributed by atoms with Crippen LogP contribution in [0.4, 0.5) is 27.8 Å². The number of aromatic amines is 1. The van der Waals surface area contributed by atoms with E-state index in [0.717, 1.165) is 74.7 Å². The van der Waals surface area contributed by atoms with Crippen LogP contribution in [-0.4, -0.2) is 77.0 Å². The molecule has 4 heterocycles. The molecule has 0 spiro atoms. The highest BCUT2D eigenvalue weighted by molar-refractivity contribution is 5.95. The molecule has 6 rings (SSSR count). The van der Waals surface area contributed by atoms with Gasteiger partial charge in [0.15, 0.2) is 5.82 Å². The van der Waals surface area contributed by atoms with Crippen LogP contribution in [0.3, 0.4) is 0 Å². The van der Waals surface area contributed by atoms with Gasteiger partial charge in [-0.2, -0.15) is 5.10 Å². The summed E-state index contributed by atoms with van der Waals surface area (Å²) in [6, 6.07) is 9.97. The lowest BCUT2D eigenvalue weighted by atomic mass is 10.2. The predicted octanol–water partition coefficient (Wildman–Crippen LogP) is 3.59. The Morgan fingerprint density at radius 2 is 1.92 bits per heavy atom. The Labute approximate surface area is 221 Å². The van der Waals surface area contributed by atoms with Crippen LogP contribution in [0.25, 0.3) is 10.9 Å². The number of likely N-dealkylation sites (tertiary alicyclic amines) is 1. The second-order valence-electron chi connectivity index (χ2n) is 10.4. The smallest absolute Gasteiger partial charge is 0.407 e. The number of H-pyrrole nitrogens is 1. The first-order valence-corrected chi connectivity index (χ1v) is 13.5. The third-order valence-corrected chi connectivity index (χ3v) is 7.38. The molecule has 1 aromatic carbocycles. The van der Waals surface area contributed by atoms with Crippen molar-refractivity contribution < 1.29 is 14.3 Å². The number of benzene rings is 1. The fraction of sp³-hybridized carbons (Fsp3) is 0.481. The largest absolute Gasteiger partial charge is 0.447 e. The molecule has 3 aliphatic rings. The highest BCUT2D eigenvalue weighted by atomic mass is 16.5. The summed E-state index contributed by atoms with van der Waals surface area (Å²) in [5.74, 6) is 1.30. The molecule has 1 saturated carbocycles. The lowest BCUT2D eigenvalue weighted by Crippen LogP contribution is -2.37. The maximum absolute atomic E-state index is 12.9. The average Bonchev–Trinajstić information content (AvgIpc) is 3.30. The summed E-state index contributed by atoms with van der Waals surface area (Å²) >= 11 is 0. The van der Waals surface area contributed by atoms with E-state index in [9.17, 15) is 9.59 Å². The van der Waals surface area contributed by atoms with Gasteiger partial charge in [-0.3, -0.25) is 14.8 Å². The fourth-order valence-corrected chi connectivity index (χ4v) is 5.23. The van der Waals surface area contributed by atoms with E-state index in [1.54, 1.807) is 6.20 Å². The monoisotopic (exact) mass is 518 g/mol. The minimum Gasteiger partial charge on any atom is -0.447 e. The van der Waals surface area contributed by atoms with Crippen LogP contribution in [0, 0.1) is 0 Å². The summed E-state index contributed by atoms with van der Waals surface area (Å²) in [6.07, 6.45) is 7.56. The lowest BCUT2D eigenvalue weighted by Gasteiger charge is -2.28. The third-order valence-electron chi connectivity index (χ3n) is 7.38. The highest BCUT2D eigenvalue weighted by Crippen LogP contribution is 2.33. The Balaban J connectivity index is 1.21. The number of rotatable bonds is 9.